The lowest BCUT2D eigenvalue weighted by atomic mass is 9.88. The maximum Gasteiger partial charge on any atom is 0.217 e. The van der Waals surface area contributed by atoms with Gasteiger partial charge in [-0.05, 0) is 57.5 Å². The summed E-state index contributed by atoms with van der Waals surface area (Å²) >= 11 is 0. The van der Waals surface area contributed by atoms with Crippen molar-refractivity contribution in [1.82, 2.24) is 9.62 Å². The summed E-state index contributed by atoms with van der Waals surface area (Å²) in [5.74, 6) is 0.570. The highest BCUT2D eigenvalue weighted by atomic mass is 32.2. The van der Waals surface area contributed by atoms with Crippen molar-refractivity contribution in [1.29, 1.82) is 0 Å². The van der Waals surface area contributed by atoms with Crippen LogP contribution in [0.5, 0.6) is 0 Å². The molecule has 21 heavy (non-hydrogen) atoms. The summed E-state index contributed by atoms with van der Waals surface area (Å²) in [5.41, 5.74) is 0. The molecule has 2 saturated heterocycles. The summed E-state index contributed by atoms with van der Waals surface area (Å²) in [6.45, 7) is 2.88. The van der Waals surface area contributed by atoms with Crippen LogP contribution in [0.3, 0.4) is 0 Å². The number of rotatable bonds is 3. The van der Waals surface area contributed by atoms with E-state index in [0.717, 1.165) is 71.0 Å². The van der Waals surface area contributed by atoms with Crippen molar-refractivity contribution < 1.29 is 8.42 Å². The lowest BCUT2D eigenvalue weighted by Crippen LogP contribution is -2.49. The Labute approximate surface area is 129 Å². The molecular formula is C16H30N2O2S. The van der Waals surface area contributed by atoms with Crippen LogP contribution in [0.15, 0.2) is 0 Å². The van der Waals surface area contributed by atoms with Crippen molar-refractivity contribution in [3.05, 3.63) is 0 Å². The maximum atomic E-state index is 13.1. The average molecular weight is 314 g/mol. The van der Waals surface area contributed by atoms with Gasteiger partial charge in [0.25, 0.3) is 0 Å². The SMILES string of the molecule is O=S(=O)(C1CCCC1)N1CCCCCC1C1CCNCC1. The fraction of sp³-hybridized carbons (Fsp3) is 1.00. The molecule has 0 amide bonds. The summed E-state index contributed by atoms with van der Waals surface area (Å²) in [6, 6.07) is 0.278. The smallest absolute Gasteiger partial charge is 0.217 e. The van der Waals surface area contributed by atoms with Gasteiger partial charge in [-0.3, -0.25) is 0 Å². The first-order valence-corrected chi connectivity index (χ1v) is 10.4. The van der Waals surface area contributed by atoms with Crippen molar-refractivity contribution >= 4 is 10.0 Å². The average Bonchev–Trinajstić information content (AvgIpc) is 2.93. The van der Waals surface area contributed by atoms with Crippen LogP contribution in [0, 0.1) is 5.92 Å². The van der Waals surface area contributed by atoms with Gasteiger partial charge >= 0.3 is 0 Å². The maximum absolute atomic E-state index is 13.1. The second-order valence-electron chi connectivity index (χ2n) is 7.07. The van der Waals surface area contributed by atoms with Crippen LogP contribution >= 0.6 is 0 Å². The quantitative estimate of drug-likeness (QED) is 0.871. The minimum Gasteiger partial charge on any atom is -0.317 e. The van der Waals surface area contributed by atoms with E-state index in [2.05, 4.69) is 5.32 Å². The van der Waals surface area contributed by atoms with Gasteiger partial charge in [-0.2, -0.15) is 4.31 Å². The molecule has 5 heteroatoms. The van der Waals surface area contributed by atoms with Gasteiger partial charge in [0, 0.05) is 12.6 Å². The zero-order chi connectivity index (χ0) is 14.7. The van der Waals surface area contributed by atoms with Crippen LogP contribution in [0.1, 0.15) is 64.2 Å². The summed E-state index contributed by atoms with van der Waals surface area (Å²) in [6.07, 6.45) is 10.8. The summed E-state index contributed by atoms with van der Waals surface area (Å²) in [7, 11) is -3.07. The molecule has 1 saturated carbocycles. The van der Waals surface area contributed by atoms with Crippen LogP contribution in [0.4, 0.5) is 0 Å². The van der Waals surface area contributed by atoms with Crippen molar-refractivity contribution in [3.63, 3.8) is 0 Å². The van der Waals surface area contributed by atoms with E-state index in [4.69, 9.17) is 0 Å². The van der Waals surface area contributed by atoms with E-state index in [1.54, 1.807) is 0 Å². The first-order chi connectivity index (χ1) is 10.2. The predicted octanol–water partition coefficient (Wildman–Crippen LogP) is 2.50. The predicted molar refractivity (Wildman–Crippen MR) is 85.7 cm³/mol. The Morgan fingerprint density at radius 3 is 2.19 bits per heavy atom. The van der Waals surface area contributed by atoms with Gasteiger partial charge in [0.1, 0.15) is 0 Å². The minimum absolute atomic E-state index is 0.0835. The molecule has 3 rings (SSSR count). The molecule has 0 aromatic heterocycles. The van der Waals surface area contributed by atoms with Gasteiger partial charge in [-0.1, -0.05) is 25.7 Å². The molecule has 1 atom stereocenters. The third-order valence-electron chi connectivity index (χ3n) is 5.73. The molecule has 0 aromatic rings. The molecule has 1 aliphatic carbocycles. The Morgan fingerprint density at radius 2 is 1.48 bits per heavy atom. The first-order valence-electron chi connectivity index (χ1n) is 8.91. The van der Waals surface area contributed by atoms with Crippen molar-refractivity contribution in [2.24, 2.45) is 5.92 Å². The van der Waals surface area contributed by atoms with Crippen LogP contribution < -0.4 is 5.32 Å². The van der Waals surface area contributed by atoms with Gasteiger partial charge in [-0.25, -0.2) is 8.42 Å². The second kappa shape index (κ2) is 6.97. The van der Waals surface area contributed by atoms with Crippen molar-refractivity contribution in [3.8, 4) is 0 Å². The molecule has 1 unspecified atom stereocenters. The number of sulfonamides is 1. The van der Waals surface area contributed by atoms with Crippen LogP contribution in [0.2, 0.25) is 0 Å². The molecule has 0 radical (unpaired) electrons. The lowest BCUT2D eigenvalue weighted by molar-refractivity contribution is 0.196. The molecule has 122 valence electrons. The molecule has 2 heterocycles. The molecule has 1 N–H and O–H groups in total. The van der Waals surface area contributed by atoms with Crippen LogP contribution in [-0.2, 0) is 10.0 Å². The highest BCUT2D eigenvalue weighted by Crippen LogP contribution is 2.34. The van der Waals surface area contributed by atoms with Crippen LogP contribution in [-0.4, -0.2) is 43.6 Å². The van der Waals surface area contributed by atoms with Crippen LogP contribution in [0.25, 0.3) is 0 Å². The Bertz CT molecular complexity index is 426. The number of nitrogens with one attached hydrogen (secondary N) is 1. The van der Waals surface area contributed by atoms with Crippen molar-refractivity contribution in [2.45, 2.75) is 75.5 Å². The third-order valence-corrected chi connectivity index (χ3v) is 8.15. The molecule has 0 bridgehead atoms. The zero-order valence-electron chi connectivity index (χ0n) is 13.1. The summed E-state index contributed by atoms with van der Waals surface area (Å²) < 4.78 is 28.2. The van der Waals surface area contributed by atoms with E-state index in [1.807, 2.05) is 4.31 Å². The van der Waals surface area contributed by atoms with E-state index in [1.165, 1.54) is 12.8 Å². The zero-order valence-corrected chi connectivity index (χ0v) is 13.9. The third kappa shape index (κ3) is 3.45. The molecule has 3 aliphatic rings. The van der Waals surface area contributed by atoms with E-state index in [9.17, 15) is 8.42 Å². The van der Waals surface area contributed by atoms with Gasteiger partial charge in [0.15, 0.2) is 0 Å². The molecule has 3 fully saturated rings. The minimum atomic E-state index is -3.07. The molecule has 0 aromatic carbocycles. The van der Waals surface area contributed by atoms with E-state index in [0.29, 0.717) is 5.92 Å². The molecule has 0 spiro atoms. The van der Waals surface area contributed by atoms with Gasteiger partial charge in [0.05, 0.1) is 5.25 Å². The largest absolute Gasteiger partial charge is 0.317 e. The van der Waals surface area contributed by atoms with Gasteiger partial charge in [-0.15, -0.1) is 0 Å². The van der Waals surface area contributed by atoms with E-state index in [-0.39, 0.29) is 11.3 Å². The Kier molecular flexibility index (Phi) is 5.23. The number of piperidine rings is 1. The topological polar surface area (TPSA) is 49.4 Å². The molecule has 2 aliphatic heterocycles. The normalized spacial score (nSPS) is 31.3. The van der Waals surface area contributed by atoms with Crippen molar-refractivity contribution in [2.75, 3.05) is 19.6 Å². The number of hydrogen-bond acceptors (Lipinski definition) is 3. The number of hydrogen-bond donors (Lipinski definition) is 1. The van der Waals surface area contributed by atoms with E-state index >= 15 is 0 Å². The standard InChI is InChI=1S/C16H30N2O2S/c19-21(20,15-6-3-4-7-15)18-13-5-1-2-8-16(18)14-9-11-17-12-10-14/h14-17H,1-13H2. The first kappa shape index (κ1) is 15.8. The summed E-state index contributed by atoms with van der Waals surface area (Å²) in [5, 5.41) is 3.33. The van der Waals surface area contributed by atoms with Gasteiger partial charge in [0.2, 0.25) is 10.0 Å². The fourth-order valence-electron chi connectivity index (χ4n) is 4.50. The summed E-state index contributed by atoms with van der Waals surface area (Å²) in [4.78, 5) is 0. The fourth-order valence-corrected chi connectivity index (χ4v) is 6.85. The number of nitrogens with zero attached hydrogens (tertiary/aromatic N) is 1. The molecular weight excluding hydrogens is 284 g/mol. The Hall–Kier alpha value is -0.130. The van der Waals surface area contributed by atoms with Gasteiger partial charge < -0.3 is 5.32 Å². The highest BCUT2D eigenvalue weighted by molar-refractivity contribution is 7.89. The lowest BCUT2D eigenvalue weighted by Gasteiger charge is -2.38. The van der Waals surface area contributed by atoms with E-state index < -0.39 is 10.0 Å². The Morgan fingerprint density at radius 1 is 0.810 bits per heavy atom. The molecule has 4 nitrogen and oxygen atoms in total. The Balaban J connectivity index is 1.80. The monoisotopic (exact) mass is 314 g/mol. The highest BCUT2D eigenvalue weighted by Gasteiger charge is 2.41. The second-order valence-corrected chi connectivity index (χ2v) is 9.23.